The first-order valence-electron chi connectivity index (χ1n) is 14.5. The number of fused-ring (bicyclic) bond motifs is 9. The van der Waals surface area contributed by atoms with Gasteiger partial charge in [0.05, 0.1) is 10.2 Å². The molecule has 0 aliphatic rings. The van der Waals surface area contributed by atoms with Crippen LogP contribution in [0.4, 0.5) is 0 Å². The lowest BCUT2D eigenvalue weighted by Crippen LogP contribution is -1.97. The molecule has 3 nitrogen and oxygen atoms in total. The molecule has 0 radical (unpaired) electrons. The third-order valence-corrected chi connectivity index (χ3v) is 9.79. The average molecular weight is 598 g/mol. The van der Waals surface area contributed by atoms with Gasteiger partial charge in [0.1, 0.15) is 0 Å². The van der Waals surface area contributed by atoms with Gasteiger partial charge in [-0.05, 0) is 91.1 Å². The van der Waals surface area contributed by atoms with Gasteiger partial charge in [0.15, 0.2) is 10.8 Å². The van der Waals surface area contributed by atoms with E-state index in [4.69, 9.17) is 17.2 Å². The minimum Gasteiger partial charge on any atom is -0.259 e. The van der Waals surface area contributed by atoms with E-state index in [0.717, 1.165) is 31.9 Å². The Balaban J connectivity index is 1.17. The van der Waals surface area contributed by atoms with Crippen LogP contribution >= 0.6 is 23.6 Å². The highest BCUT2D eigenvalue weighted by Crippen LogP contribution is 2.38. The van der Waals surface area contributed by atoms with Crippen LogP contribution in [-0.4, -0.2) is 14.4 Å². The number of thiazole rings is 1. The summed E-state index contributed by atoms with van der Waals surface area (Å²) in [5.41, 5.74) is 6.66. The topological polar surface area (TPSA) is 30.2 Å². The molecular weight excluding hydrogens is 575 g/mol. The maximum absolute atomic E-state index is 5.79. The molecule has 2 heterocycles. The molecular formula is C39H23N3S2. The van der Waals surface area contributed by atoms with Crippen molar-refractivity contribution in [1.29, 1.82) is 0 Å². The fourth-order valence-electron chi connectivity index (χ4n) is 6.40. The van der Waals surface area contributed by atoms with Crippen LogP contribution < -0.4 is 0 Å². The lowest BCUT2D eigenvalue weighted by atomic mass is 9.91. The van der Waals surface area contributed by atoms with E-state index < -0.39 is 0 Å². The van der Waals surface area contributed by atoms with Crippen LogP contribution in [-0.2, 0) is 0 Å². The third kappa shape index (κ3) is 3.98. The second-order valence-corrected chi connectivity index (χ2v) is 12.4. The number of hydrogen-bond donors (Lipinski definition) is 0. The van der Waals surface area contributed by atoms with Gasteiger partial charge in [-0.3, -0.25) is 4.40 Å². The zero-order chi connectivity index (χ0) is 29.2. The molecule has 9 rings (SSSR count). The molecule has 0 fully saturated rings. The summed E-state index contributed by atoms with van der Waals surface area (Å²) in [4.78, 5) is 10.4. The van der Waals surface area contributed by atoms with Crippen LogP contribution in [0.3, 0.4) is 0 Å². The zero-order valence-electron chi connectivity index (χ0n) is 23.4. The summed E-state index contributed by atoms with van der Waals surface area (Å²) in [5.74, 6) is 0.659. The SMILES string of the molecule is S=c1nc(-c2ccccc2)nc2sc3ccc(-c4cccc(-c5ccc6c7ccccc7c7ccccc7c6c5)c4)cc3n12. The van der Waals surface area contributed by atoms with Crippen LogP contribution in [0.5, 0.6) is 0 Å². The number of benzene rings is 7. The first kappa shape index (κ1) is 25.3. The van der Waals surface area contributed by atoms with Gasteiger partial charge in [-0.15, -0.1) is 0 Å². The highest BCUT2D eigenvalue weighted by atomic mass is 32.1. The third-order valence-electron chi connectivity index (χ3n) is 8.49. The Bertz CT molecular complexity index is 2600. The van der Waals surface area contributed by atoms with Gasteiger partial charge in [0.25, 0.3) is 0 Å². The van der Waals surface area contributed by atoms with Crippen LogP contribution in [0.2, 0.25) is 0 Å². The molecule has 0 bridgehead atoms. The van der Waals surface area contributed by atoms with Crippen molar-refractivity contribution in [3.8, 4) is 33.6 Å². The summed E-state index contributed by atoms with van der Waals surface area (Å²) in [6.07, 6.45) is 0. The van der Waals surface area contributed by atoms with E-state index >= 15 is 0 Å². The van der Waals surface area contributed by atoms with Crippen molar-refractivity contribution in [3.63, 3.8) is 0 Å². The lowest BCUT2D eigenvalue weighted by Gasteiger charge is -2.12. The lowest BCUT2D eigenvalue weighted by molar-refractivity contribution is 1.04. The van der Waals surface area contributed by atoms with Crippen molar-refractivity contribution >= 4 is 71.0 Å². The normalized spacial score (nSPS) is 11.7. The Labute approximate surface area is 262 Å². The molecule has 9 aromatic rings. The first-order chi connectivity index (χ1) is 21.7. The van der Waals surface area contributed by atoms with E-state index in [1.54, 1.807) is 11.3 Å². The Morgan fingerprint density at radius 2 is 1.00 bits per heavy atom. The van der Waals surface area contributed by atoms with Crippen molar-refractivity contribution in [3.05, 3.63) is 144 Å². The van der Waals surface area contributed by atoms with E-state index in [-0.39, 0.29) is 0 Å². The summed E-state index contributed by atoms with van der Waals surface area (Å²) in [6.45, 7) is 0. The largest absolute Gasteiger partial charge is 0.259 e. The van der Waals surface area contributed by atoms with Gasteiger partial charge in [-0.1, -0.05) is 127 Å². The van der Waals surface area contributed by atoms with Gasteiger partial charge in [-0.2, -0.15) is 4.98 Å². The van der Waals surface area contributed by atoms with Crippen LogP contribution in [0.1, 0.15) is 0 Å². The van der Waals surface area contributed by atoms with Crippen molar-refractivity contribution in [2.24, 2.45) is 0 Å². The Morgan fingerprint density at radius 1 is 0.455 bits per heavy atom. The molecule has 0 aliphatic carbocycles. The summed E-state index contributed by atoms with van der Waals surface area (Å²) >= 11 is 7.42. The minimum atomic E-state index is 0.516. The van der Waals surface area contributed by atoms with Crippen molar-refractivity contribution in [1.82, 2.24) is 14.4 Å². The Hall–Kier alpha value is -5.23. The van der Waals surface area contributed by atoms with Gasteiger partial charge >= 0.3 is 0 Å². The predicted molar refractivity (Wildman–Crippen MR) is 188 cm³/mol. The molecule has 0 unspecified atom stereocenters. The molecule has 2 aromatic heterocycles. The number of hydrogen-bond acceptors (Lipinski definition) is 4. The summed E-state index contributed by atoms with van der Waals surface area (Å²) in [5, 5.41) is 7.71. The summed E-state index contributed by atoms with van der Waals surface area (Å²) in [6, 6.07) is 49.7. The fourth-order valence-corrected chi connectivity index (χ4v) is 7.73. The number of nitrogens with zero attached hydrogens (tertiary/aromatic N) is 3. The summed E-state index contributed by atoms with van der Waals surface area (Å²) < 4.78 is 3.64. The van der Waals surface area contributed by atoms with Crippen LogP contribution in [0.25, 0.3) is 81.1 Å². The maximum atomic E-state index is 5.79. The minimum absolute atomic E-state index is 0.516. The molecule has 5 heteroatoms. The van der Waals surface area contributed by atoms with Crippen molar-refractivity contribution in [2.75, 3.05) is 0 Å². The molecule has 0 saturated heterocycles. The van der Waals surface area contributed by atoms with E-state index in [9.17, 15) is 0 Å². The standard InChI is InChI=1S/C39H23N3S2/c43-38-40-37(24-9-2-1-3-10-24)41-39-42(38)35-23-28(18-20-36(35)44-39)26-12-8-11-25(21-26)27-17-19-33-31-15-5-4-13-29(31)30-14-6-7-16-32(30)34(33)22-27/h1-23H. The molecule has 44 heavy (non-hydrogen) atoms. The molecule has 206 valence electrons. The monoisotopic (exact) mass is 597 g/mol. The summed E-state index contributed by atoms with van der Waals surface area (Å²) in [7, 11) is 0. The second kappa shape index (κ2) is 9.91. The zero-order valence-corrected chi connectivity index (χ0v) is 25.1. The second-order valence-electron chi connectivity index (χ2n) is 11.0. The fraction of sp³-hybridized carbons (Fsp3) is 0. The molecule has 0 amide bonds. The Kier molecular flexibility index (Phi) is 5.70. The number of aromatic nitrogens is 3. The predicted octanol–water partition coefficient (Wildman–Crippen LogP) is 11.1. The van der Waals surface area contributed by atoms with E-state index in [0.29, 0.717) is 10.6 Å². The van der Waals surface area contributed by atoms with E-state index in [1.165, 1.54) is 43.4 Å². The maximum Gasteiger partial charge on any atom is 0.208 e. The molecule has 0 aliphatic heterocycles. The van der Waals surface area contributed by atoms with Gasteiger partial charge in [0.2, 0.25) is 4.77 Å². The Morgan fingerprint density at radius 3 is 1.70 bits per heavy atom. The van der Waals surface area contributed by atoms with Crippen LogP contribution in [0, 0.1) is 4.77 Å². The van der Waals surface area contributed by atoms with E-state index in [2.05, 4.69) is 114 Å². The van der Waals surface area contributed by atoms with Crippen molar-refractivity contribution < 1.29 is 0 Å². The smallest absolute Gasteiger partial charge is 0.208 e. The first-order valence-corrected chi connectivity index (χ1v) is 15.8. The van der Waals surface area contributed by atoms with Crippen LogP contribution in [0.15, 0.2) is 140 Å². The molecule has 0 spiro atoms. The molecule has 0 saturated carbocycles. The highest BCUT2D eigenvalue weighted by Gasteiger charge is 2.13. The molecule has 0 atom stereocenters. The van der Waals surface area contributed by atoms with E-state index in [1.807, 2.05) is 34.7 Å². The van der Waals surface area contributed by atoms with Gasteiger partial charge in [0, 0.05) is 5.56 Å². The van der Waals surface area contributed by atoms with Gasteiger partial charge < -0.3 is 0 Å². The average Bonchev–Trinajstić information content (AvgIpc) is 3.47. The highest BCUT2D eigenvalue weighted by molar-refractivity contribution is 7.71. The molecule has 7 aromatic carbocycles. The van der Waals surface area contributed by atoms with Crippen molar-refractivity contribution in [2.45, 2.75) is 0 Å². The number of rotatable bonds is 3. The van der Waals surface area contributed by atoms with Gasteiger partial charge in [-0.25, -0.2) is 4.98 Å². The quantitative estimate of drug-likeness (QED) is 0.150. The molecule has 0 N–H and O–H groups in total.